The second kappa shape index (κ2) is 4.74. The van der Waals surface area contributed by atoms with Gasteiger partial charge in [0.05, 0.1) is 11.4 Å². The van der Waals surface area contributed by atoms with Gasteiger partial charge in [0, 0.05) is 19.1 Å². The minimum absolute atomic E-state index is 0.506. The Balaban J connectivity index is 2.29. The second-order valence-corrected chi connectivity index (χ2v) is 4.66. The summed E-state index contributed by atoms with van der Waals surface area (Å²) in [6, 6.07) is 6.78. The monoisotopic (exact) mass is 219 g/mol. The van der Waals surface area contributed by atoms with E-state index in [1.54, 1.807) is 0 Å². The zero-order valence-electron chi connectivity index (χ0n) is 10.2. The highest BCUT2D eigenvalue weighted by atomic mass is 15.2. The summed E-state index contributed by atoms with van der Waals surface area (Å²) in [5.41, 5.74) is 9.42. The average Bonchev–Trinajstić information content (AvgIpc) is 2.47. The van der Waals surface area contributed by atoms with Crippen LogP contribution in [0.25, 0.3) is 0 Å². The lowest BCUT2D eigenvalue weighted by atomic mass is 10.1. The van der Waals surface area contributed by atoms with Crippen molar-refractivity contribution in [1.29, 1.82) is 0 Å². The minimum atomic E-state index is 0.506. The number of rotatable bonds is 1. The molecule has 3 nitrogen and oxygen atoms in total. The van der Waals surface area contributed by atoms with Gasteiger partial charge in [0.1, 0.15) is 0 Å². The molecule has 0 radical (unpaired) electrons. The lowest BCUT2D eigenvalue weighted by molar-refractivity contribution is 0.630. The molecule has 0 bridgehead atoms. The molecule has 1 aromatic rings. The Morgan fingerprint density at radius 3 is 3.06 bits per heavy atom. The van der Waals surface area contributed by atoms with Crippen LogP contribution < -0.4 is 16.0 Å². The molecule has 88 valence electrons. The van der Waals surface area contributed by atoms with Crippen LogP contribution in [0.5, 0.6) is 0 Å². The quantitative estimate of drug-likeness (QED) is 0.707. The first-order valence-electron chi connectivity index (χ1n) is 6.02. The molecule has 0 saturated carbocycles. The maximum absolute atomic E-state index is 6.07. The highest BCUT2D eigenvalue weighted by Crippen LogP contribution is 2.26. The fourth-order valence-electron chi connectivity index (χ4n) is 2.28. The van der Waals surface area contributed by atoms with Gasteiger partial charge >= 0.3 is 0 Å². The number of nitrogens with one attached hydrogen (secondary N) is 1. The highest BCUT2D eigenvalue weighted by Gasteiger charge is 2.18. The van der Waals surface area contributed by atoms with Crippen LogP contribution in [0.2, 0.25) is 0 Å². The van der Waals surface area contributed by atoms with Crippen molar-refractivity contribution in [2.75, 3.05) is 30.3 Å². The van der Waals surface area contributed by atoms with Gasteiger partial charge in [0.15, 0.2) is 0 Å². The minimum Gasteiger partial charge on any atom is -0.397 e. The van der Waals surface area contributed by atoms with Crippen molar-refractivity contribution in [3.63, 3.8) is 0 Å². The summed E-state index contributed by atoms with van der Waals surface area (Å²) >= 11 is 0. The van der Waals surface area contributed by atoms with Gasteiger partial charge in [-0.25, -0.2) is 0 Å². The molecule has 1 aliphatic rings. The van der Waals surface area contributed by atoms with Gasteiger partial charge in [-0.3, -0.25) is 0 Å². The van der Waals surface area contributed by atoms with Crippen LogP contribution in [0.15, 0.2) is 18.2 Å². The molecule has 1 aromatic carbocycles. The van der Waals surface area contributed by atoms with Gasteiger partial charge in [0.25, 0.3) is 0 Å². The van der Waals surface area contributed by atoms with Crippen LogP contribution >= 0.6 is 0 Å². The molecular formula is C13H21N3. The van der Waals surface area contributed by atoms with Crippen molar-refractivity contribution >= 4 is 11.4 Å². The third-order valence-corrected chi connectivity index (χ3v) is 3.22. The summed E-state index contributed by atoms with van der Waals surface area (Å²) in [5, 5.41) is 3.45. The maximum Gasteiger partial charge on any atom is 0.0605 e. The molecule has 0 amide bonds. The van der Waals surface area contributed by atoms with Crippen molar-refractivity contribution in [3.05, 3.63) is 23.8 Å². The van der Waals surface area contributed by atoms with Crippen LogP contribution in [0.3, 0.4) is 0 Å². The standard InChI is InChI=1S/C13H21N3/c1-10-4-5-12(14)13(8-10)16-7-3-6-15-9-11(16)2/h4-5,8,11,15H,3,6-7,9,14H2,1-2H3. The van der Waals surface area contributed by atoms with Gasteiger partial charge in [0.2, 0.25) is 0 Å². The van der Waals surface area contributed by atoms with Crippen molar-refractivity contribution in [1.82, 2.24) is 5.32 Å². The van der Waals surface area contributed by atoms with E-state index in [1.165, 1.54) is 17.7 Å². The predicted octanol–water partition coefficient (Wildman–Crippen LogP) is 1.77. The number of nitrogens with two attached hydrogens (primary N) is 1. The van der Waals surface area contributed by atoms with Crippen LogP contribution in [-0.2, 0) is 0 Å². The summed E-state index contributed by atoms with van der Waals surface area (Å²) in [7, 11) is 0. The smallest absolute Gasteiger partial charge is 0.0605 e. The summed E-state index contributed by atoms with van der Waals surface area (Å²) in [5.74, 6) is 0. The van der Waals surface area contributed by atoms with Gasteiger partial charge < -0.3 is 16.0 Å². The molecule has 1 unspecified atom stereocenters. The maximum atomic E-state index is 6.07. The molecule has 1 heterocycles. The third-order valence-electron chi connectivity index (χ3n) is 3.22. The van der Waals surface area contributed by atoms with Crippen LogP contribution in [0.4, 0.5) is 11.4 Å². The average molecular weight is 219 g/mol. The molecule has 1 fully saturated rings. The van der Waals surface area contributed by atoms with Crippen molar-refractivity contribution in [2.24, 2.45) is 0 Å². The molecule has 2 rings (SSSR count). The Labute approximate surface area is 97.6 Å². The van der Waals surface area contributed by atoms with Crippen LogP contribution in [0, 0.1) is 6.92 Å². The van der Waals surface area contributed by atoms with Crippen LogP contribution in [-0.4, -0.2) is 25.7 Å². The second-order valence-electron chi connectivity index (χ2n) is 4.66. The van der Waals surface area contributed by atoms with E-state index in [1.807, 2.05) is 6.07 Å². The summed E-state index contributed by atoms with van der Waals surface area (Å²) in [6.45, 7) is 7.59. The Morgan fingerprint density at radius 1 is 1.44 bits per heavy atom. The fourth-order valence-corrected chi connectivity index (χ4v) is 2.28. The molecule has 0 aliphatic carbocycles. The third kappa shape index (κ3) is 2.30. The topological polar surface area (TPSA) is 41.3 Å². The SMILES string of the molecule is Cc1ccc(N)c(N2CCCNCC2C)c1. The zero-order valence-corrected chi connectivity index (χ0v) is 10.2. The molecule has 0 aromatic heterocycles. The largest absolute Gasteiger partial charge is 0.397 e. The number of hydrogen-bond donors (Lipinski definition) is 2. The molecular weight excluding hydrogens is 198 g/mol. The first-order valence-corrected chi connectivity index (χ1v) is 6.02. The number of anilines is 2. The van der Waals surface area contributed by atoms with E-state index >= 15 is 0 Å². The number of benzene rings is 1. The lowest BCUT2D eigenvalue weighted by Crippen LogP contribution is -2.37. The van der Waals surface area contributed by atoms with Crippen molar-refractivity contribution in [3.8, 4) is 0 Å². The number of hydrogen-bond acceptors (Lipinski definition) is 3. The summed E-state index contributed by atoms with van der Waals surface area (Å²) < 4.78 is 0. The normalized spacial score (nSPS) is 21.9. The fraction of sp³-hybridized carbons (Fsp3) is 0.538. The Morgan fingerprint density at radius 2 is 2.25 bits per heavy atom. The molecule has 16 heavy (non-hydrogen) atoms. The Bertz CT molecular complexity index is 362. The summed E-state index contributed by atoms with van der Waals surface area (Å²) in [6.07, 6.45) is 1.18. The van der Waals surface area contributed by atoms with E-state index in [4.69, 9.17) is 5.73 Å². The van der Waals surface area contributed by atoms with E-state index in [2.05, 4.69) is 36.2 Å². The Hall–Kier alpha value is -1.22. The van der Waals surface area contributed by atoms with Gasteiger partial charge in [-0.1, -0.05) is 6.07 Å². The summed E-state index contributed by atoms with van der Waals surface area (Å²) in [4.78, 5) is 2.42. The molecule has 3 heteroatoms. The van der Waals surface area contributed by atoms with Crippen molar-refractivity contribution < 1.29 is 0 Å². The number of nitrogens with zero attached hydrogens (tertiary/aromatic N) is 1. The van der Waals surface area contributed by atoms with Gasteiger partial charge in [-0.05, 0) is 44.5 Å². The zero-order chi connectivity index (χ0) is 11.5. The number of nitrogen functional groups attached to an aromatic ring is 1. The van der Waals surface area contributed by atoms with E-state index < -0.39 is 0 Å². The van der Waals surface area contributed by atoms with E-state index in [9.17, 15) is 0 Å². The molecule has 1 atom stereocenters. The van der Waals surface area contributed by atoms with Crippen LogP contribution in [0.1, 0.15) is 18.9 Å². The van der Waals surface area contributed by atoms with Gasteiger partial charge in [-0.2, -0.15) is 0 Å². The van der Waals surface area contributed by atoms with E-state index in [-0.39, 0.29) is 0 Å². The van der Waals surface area contributed by atoms with E-state index in [0.717, 1.165) is 25.3 Å². The predicted molar refractivity (Wildman–Crippen MR) is 69.9 cm³/mol. The number of aryl methyl sites for hydroxylation is 1. The molecule has 0 spiro atoms. The molecule has 1 aliphatic heterocycles. The van der Waals surface area contributed by atoms with E-state index in [0.29, 0.717) is 6.04 Å². The highest BCUT2D eigenvalue weighted by molar-refractivity contribution is 5.69. The lowest BCUT2D eigenvalue weighted by Gasteiger charge is -2.30. The first-order chi connectivity index (χ1) is 7.68. The van der Waals surface area contributed by atoms with Crippen molar-refractivity contribution in [2.45, 2.75) is 26.3 Å². The molecule has 1 saturated heterocycles. The first kappa shape index (κ1) is 11.3. The Kier molecular flexibility index (Phi) is 3.34. The van der Waals surface area contributed by atoms with Gasteiger partial charge in [-0.15, -0.1) is 0 Å². The molecule has 3 N–H and O–H groups in total.